The number of carbonyl (C=O) groups is 2. The highest BCUT2D eigenvalue weighted by Crippen LogP contribution is 2.18. The molecule has 0 fully saturated rings. The minimum absolute atomic E-state index is 0.0548. The van der Waals surface area contributed by atoms with Gasteiger partial charge in [0.15, 0.2) is 0 Å². The molecule has 0 heterocycles. The number of nitro groups is 1. The molecule has 0 aliphatic carbocycles. The first-order valence-electron chi connectivity index (χ1n) is 8.19. The van der Waals surface area contributed by atoms with Crippen molar-refractivity contribution >= 4 is 17.6 Å². The number of rotatable bonds is 11. The van der Waals surface area contributed by atoms with E-state index in [1.54, 1.807) is 12.1 Å². The number of hydrogen-bond acceptors (Lipinski definition) is 5. The standard InChI is InChI=1S/C17H24N2O5/c1-2-3-4-5-10-16(20)18-11-12-24-17(21)13-14-8-6-7-9-15(14)19(22)23/h6-9H,2-5,10-13H2,1H3,(H,18,20). The first kappa shape index (κ1) is 19.6. The van der Waals surface area contributed by atoms with Crippen molar-refractivity contribution in [3.63, 3.8) is 0 Å². The quantitative estimate of drug-likeness (QED) is 0.290. The first-order valence-corrected chi connectivity index (χ1v) is 8.19. The smallest absolute Gasteiger partial charge is 0.310 e. The second-order valence-corrected chi connectivity index (χ2v) is 5.44. The number of carbonyl (C=O) groups excluding carboxylic acids is 2. The third-order valence-corrected chi connectivity index (χ3v) is 3.47. The van der Waals surface area contributed by atoms with Crippen molar-refractivity contribution in [2.75, 3.05) is 13.2 Å². The lowest BCUT2D eigenvalue weighted by Crippen LogP contribution is -2.28. The van der Waals surface area contributed by atoms with E-state index in [0.717, 1.165) is 25.7 Å². The van der Waals surface area contributed by atoms with Crippen LogP contribution < -0.4 is 5.32 Å². The van der Waals surface area contributed by atoms with Crippen LogP contribution >= 0.6 is 0 Å². The summed E-state index contributed by atoms with van der Waals surface area (Å²) < 4.78 is 5.00. The number of esters is 1. The highest BCUT2D eigenvalue weighted by atomic mass is 16.6. The van der Waals surface area contributed by atoms with Crippen molar-refractivity contribution in [3.8, 4) is 0 Å². The highest BCUT2D eigenvalue weighted by Gasteiger charge is 2.16. The van der Waals surface area contributed by atoms with Crippen molar-refractivity contribution in [1.82, 2.24) is 5.32 Å². The van der Waals surface area contributed by atoms with Crippen LogP contribution in [0, 0.1) is 10.1 Å². The van der Waals surface area contributed by atoms with Crippen LogP contribution in [0.4, 0.5) is 5.69 Å². The third-order valence-electron chi connectivity index (χ3n) is 3.47. The van der Waals surface area contributed by atoms with E-state index >= 15 is 0 Å². The molecule has 1 aromatic rings. The molecule has 0 bridgehead atoms. The molecule has 0 atom stereocenters. The Morgan fingerprint density at radius 2 is 1.96 bits per heavy atom. The van der Waals surface area contributed by atoms with E-state index in [9.17, 15) is 19.7 Å². The summed E-state index contributed by atoms with van der Waals surface area (Å²) in [6.07, 6.45) is 4.45. The monoisotopic (exact) mass is 336 g/mol. The molecule has 1 amide bonds. The van der Waals surface area contributed by atoms with Crippen LogP contribution in [0.25, 0.3) is 0 Å². The molecule has 0 aliphatic rings. The molecule has 0 saturated carbocycles. The molecule has 7 heteroatoms. The van der Waals surface area contributed by atoms with Crippen LogP contribution in [0.1, 0.15) is 44.6 Å². The summed E-state index contributed by atoms with van der Waals surface area (Å²) in [6.45, 7) is 2.41. The van der Waals surface area contributed by atoms with Gasteiger partial charge in [0.05, 0.1) is 17.9 Å². The maximum atomic E-state index is 11.7. The lowest BCUT2D eigenvalue weighted by atomic mass is 10.1. The average molecular weight is 336 g/mol. The molecule has 1 aromatic carbocycles. The van der Waals surface area contributed by atoms with Gasteiger partial charge < -0.3 is 10.1 Å². The minimum Gasteiger partial charge on any atom is -0.464 e. The number of benzene rings is 1. The summed E-state index contributed by atoms with van der Waals surface area (Å²) in [7, 11) is 0. The van der Waals surface area contributed by atoms with Crippen LogP contribution in [0.5, 0.6) is 0 Å². The van der Waals surface area contributed by atoms with E-state index in [2.05, 4.69) is 12.2 Å². The first-order chi connectivity index (χ1) is 11.5. The lowest BCUT2D eigenvalue weighted by molar-refractivity contribution is -0.385. The van der Waals surface area contributed by atoms with Crippen LogP contribution in [-0.2, 0) is 20.7 Å². The summed E-state index contributed by atoms with van der Waals surface area (Å²) in [5, 5.41) is 13.6. The van der Waals surface area contributed by atoms with E-state index in [1.165, 1.54) is 12.1 Å². The number of unbranched alkanes of at least 4 members (excludes halogenated alkanes) is 3. The van der Waals surface area contributed by atoms with Crippen LogP contribution in [-0.4, -0.2) is 30.0 Å². The van der Waals surface area contributed by atoms with E-state index < -0.39 is 10.9 Å². The fourth-order valence-corrected chi connectivity index (χ4v) is 2.20. The summed E-state index contributed by atoms with van der Waals surface area (Å²) in [6, 6.07) is 6.05. The number of amides is 1. The zero-order chi connectivity index (χ0) is 17.8. The highest BCUT2D eigenvalue weighted by molar-refractivity contribution is 5.76. The molecule has 0 aromatic heterocycles. The molecule has 0 radical (unpaired) electrons. The molecule has 24 heavy (non-hydrogen) atoms. The Kier molecular flexibility index (Phi) is 9.11. The second-order valence-electron chi connectivity index (χ2n) is 5.44. The van der Waals surface area contributed by atoms with Gasteiger partial charge in [-0.1, -0.05) is 44.4 Å². The van der Waals surface area contributed by atoms with Gasteiger partial charge in [-0.15, -0.1) is 0 Å². The molecule has 1 N–H and O–H groups in total. The molecular formula is C17H24N2O5. The number of hydrogen-bond donors (Lipinski definition) is 1. The van der Waals surface area contributed by atoms with Crippen molar-refractivity contribution < 1.29 is 19.2 Å². The Morgan fingerprint density at radius 3 is 2.67 bits per heavy atom. The predicted octanol–water partition coefficient (Wildman–Crippen LogP) is 2.77. The van der Waals surface area contributed by atoms with E-state index in [0.29, 0.717) is 12.0 Å². The maximum absolute atomic E-state index is 11.7. The molecule has 132 valence electrons. The molecule has 1 rings (SSSR count). The summed E-state index contributed by atoms with van der Waals surface area (Å²) in [5.74, 6) is -0.609. The molecule has 0 unspecified atom stereocenters. The Morgan fingerprint density at radius 1 is 1.21 bits per heavy atom. The van der Waals surface area contributed by atoms with E-state index in [1.807, 2.05) is 0 Å². The Bertz CT molecular complexity index is 560. The maximum Gasteiger partial charge on any atom is 0.310 e. The van der Waals surface area contributed by atoms with Gasteiger partial charge in [0.2, 0.25) is 5.91 Å². The number of ether oxygens (including phenoxy) is 1. The van der Waals surface area contributed by atoms with Gasteiger partial charge in [0.25, 0.3) is 5.69 Å². The predicted molar refractivity (Wildman–Crippen MR) is 89.5 cm³/mol. The topological polar surface area (TPSA) is 98.5 Å². The fourth-order valence-electron chi connectivity index (χ4n) is 2.20. The van der Waals surface area contributed by atoms with Gasteiger partial charge in [-0.25, -0.2) is 0 Å². The van der Waals surface area contributed by atoms with Gasteiger partial charge in [0.1, 0.15) is 6.61 Å². The van der Waals surface area contributed by atoms with Gasteiger partial charge in [0, 0.05) is 18.1 Å². The summed E-state index contributed by atoms with van der Waals surface area (Å²) >= 11 is 0. The van der Waals surface area contributed by atoms with Crippen molar-refractivity contribution in [2.24, 2.45) is 0 Å². The molecule has 0 saturated heterocycles. The van der Waals surface area contributed by atoms with Crippen molar-refractivity contribution in [2.45, 2.75) is 45.4 Å². The zero-order valence-electron chi connectivity index (χ0n) is 14.0. The van der Waals surface area contributed by atoms with Crippen molar-refractivity contribution in [1.29, 1.82) is 0 Å². The van der Waals surface area contributed by atoms with Gasteiger partial charge >= 0.3 is 5.97 Å². The third kappa shape index (κ3) is 7.71. The lowest BCUT2D eigenvalue weighted by Gasteiger charge is -2.07. The Hall–Kier alpha value is -2.44. The largest absolute Gasteiger partial charge is 0.464 e. The summed E-state index contributed by atoms with van der Waals surface area (Å²) in [4.78, 5) is 33.6. The number of para-hydroxylation sites is 1. The van der Waals surface area contributed by atoms with Crippen molar-refractivity contribution in [3.05, 3.63) is 39.9 Å². The fraction of sp³-hybridized carbons (Fsp3) is 0.529. The van der Waals surface area contributed by atoms with E-state index in [4.69, 9.17) is 4.74 Å². The number of nitrogens with one attached hydrogen (secondary N) is 1. The van der Waals surface area contributed by atoms with Crippen LogP contribution in [0.15, 0.2) is 24.3 Å². The summed E-state index contributed by atoms with van der Waals surface area (Å²) in [5.41, 5.74) is 0.210. The molecular weight excluding hydrogens is 312 g/mol. The van der Waals surface area contributed by atoms with Crippen LogP contribution in [0.2, 0.25) is 0 Å². The average Bonchev–Trinajstić information content (AvgIpc) is 2.56. The molecule has 7 nitrogen and oxygen atoms in total. The number of nitrogens with zero attached hydrogens (tertiary/aromatic N) is 1. The minimum atomic E-state index is -0.554. The Labute approximate surface area is 141 Å². The molecule has 0 spiro atoms. The van der Waals surface area contributed by atoms with Crippen LogP contribution in [0.3, 0.4) is 0 Å². The van der Waals surface area contributed by atoms with Gasteiger partial charge in [-0.2, -0.15) is 0 Å². The second kappa shape index (κ2) is 11.2. The van der Waals surface area contributed by atoms with Gasteiger partial charge in [-0.3, -0.25) is 19.7 Å². The normalized spacial score (nSPS) is 10.2. The zero-order valence-corrected chi connectivity index (χ0v) is 14.0. The van der Waals surface area contributed by atoms with Gasteiger partial charge in [-0.05, 0) is 6.42 Å². The number of nitro benzene ring substituents is 1. The Balaban J connectivity index is 2.23. The van der Waals surface area contributed by atoms with E-state index in [-0.39, 0.29) is 31.2 Å². The molecule has 0 aliphatic heterocycles. The SMILES string of the molecule is CCCCCCC(=O)NCCOC(=O)Cc1ccccc1[N+](=O)[O-].